The second-order valence-corrected chi connectivity index (χ2v) is 5.23. The van der Waals surface area contributed by atoms with Gasteiger partial charge in [0.1, 0.15) is 0 Å². The SMILES string of the molecule is O=C(CS)[AsH]Cc1ccccn1. The topological polar surface area (TPSA) is 30.0 Å². The molecule has 0 aliphatic carbocycles. The van der Waals surface area contributed by atoms with Gasteiger partial charge in [-0.15, -0.1) is 0 Å². The van der Waals surface area contributed by atoms with Crippen molar-refractivity contribution >= 4 is 33.0 Å². The fourth-order valence-corrected chi connectivity index (χ4v) is 2.80. The maximum atomic E-state index is 10.9. The van der Waals surface area contributed by atoms with Gasteiger partial charge in [0.25, 0.3) is 0 Å². The number of thiol groups is 1. The summed E-state index contributed by atoms with van der Waals surface area (Å²) in [6.07, 6.45) is 1.76. The zero-order chi connectivity index (χ0) is 8.81. The van der Waals surface area contributed by atoms with Gasteiger partial charge in [-0.2, -0.15) is 0 Å². The average Bonchev–Trinajstić information content (AvgIpc) is 2.16. The number of hydrogen-bond acceptors (Lipinski definition) is 3. The Morgan fingerprint density at radius 2 is 2.42 bits per heavy atom. The molecule has 0 radical (unpaired) electrons. The van der Waals surface area contributed by atoms with E-state index in [1.165, 1.54) is 0 Å². The van der Waals surface area contributed by atoms with Gasteiger partial charge in [0, 0.05) is 0 Å². The molecule has 2 nitrogen and oxygen atoms in total. The summed E-state index contributed by atoms with van der Waals surface area (Å²) in [5, 5.41) is 0.847. The predicted molar refractivity (Wildman–Crippen MR) is 54.0 cm³/mol. The maximum absolute atomic E-state index is 10.9. The molecule has 1 atom stereocenters. The molecule has 0 saturated heterocycles. The summed E-state index contributed by atoms with van der Waals surface area (Å²) in [5.41, 5.74) is 1.02. The molecule has 64 valence electrons. The minimum absolute atomic E-state index is 0.295. The summed E-state index contributed by atoms with van der Waals surface area (Å²) in [6, 6.07) is 5.78. The molecule has 0 aliphatic heterocycles. The summed E-state index contributed by atoms with van der Waals surface area (Å²) in [4.78, 5) is 15.1. The molecule has 0 aromatic carbocycles. The molecular formula is C8H10AsNOS. The number of nitrogens with zero attached hydrogens (tertiary/aromatic N) is 1. The van der Waals surface area contributed by atoms with Gasteiger partial charge in [-0.1, -0.05) is 0 Å². The molecule has 12 heavy (non-hydrogen) atoms. The molecule has 0 bridgehead atoms. The van der Waals surface area contributed by atoms with Crippen LogP contribution in [-0.4, -0.2) is 31.1 Å². The van der Waals surface area contributed by atoms with E-state index in [0.717, 1.165) is 10.9 Å². The Hall–Kier alpha value is -0.272. The fraction of sp³-hybridized carbons (Fsp3) is 0.250. The van der Waals surface area contributed by atoms with Crippen LogP contribution < -0.4 is 0 Å². The number of rotatable bonds is 4. The van der Waals surface area contributed by atoms with Crippen LogP contribution in [0.15, 0.2) is 24.4 Å². The van der Waals surface area contributed by atoms with E-state index in [2.05, 4.69) is 17.6 Å². The first kappa shape index (κ1) is 9.81. The molecule has 4 heteroatoms. The minimum atomic E-state index is -0.522. The summed E-state index contributed by atoms with van der Waals surface area (Å²) in [6.45, 7) is 0. The van der Waals surface area contributed by atoms with Crippen molar-refractivity contribution in [1.29, 1.82) is 0 Å². The third-order valence-electron chi connectivity index (χ3n) is 1.34. The normalized spacial score (nSPS) is 10.8. The molecule has 0 N–H and O–H groups in total. The Balaban J connectivity index is 2.38. The van der Waals surface area contributed by atoms with Crippen molar-refractivity contribution in [3.8, 4) is 0 Å². The van der Waals surface area contributed by atoms with Gasteiger partial charge in [-0.25, -0.2) is 0 Å². The van der Waals surface area contributed by atoms with Crippen LogP contribution in [0, 0.1) is 0 Å². The molecule has 1 rings (SSSR count). The van der Waals surface area contributed by atoms with Gasteiger partial charge in [-0.3, -0.25) is 0 Å². The standard InChI is InChI=1S/C8H10AsNOS/c11-8(6-12)9-5-7-3-1-2-4-10-7/h1-4,9,12H,5-6H2. The Labute approximate surface area is 83.9 Å². The first-order valence-corrected chi connectivity index (χ1v) is 6.77. The Morgan fingerprint density at radius 1 is 1.58 bits per heavy atom. The molecule has 1 aromatic heterocycles. The summed E-state index contributed by atoms with van der Waals surface area (Å²) in [7, 11) is 0. The van der Waals surface area contributed by atoms with Gasteiger partial charge in [0.15, 0.2) is 0 Å². The van der Waals surface area contributed by atoms with E-state index < -0.39 is 15.8 Å². The van der Waals surface area contributed by atoms with Gasteiger partial charge < -0.3 is 0 Å². The van der Waals surface area contributed by atoms with Crippen LogP contribution in [0.4, 0.5) is 0 Å². The molecule has 0 amide bonds. The van der Waals surface area contributed by atoms with Gasteiger partial charge in [0.05, 0.1) is 0 Å². The molecular weight excluding hydrogens is 233 g/mol. The predicted octanol–water partition coefficient (Wildman–Crippen LogP) is 0.474. The number of carbonyl (C=O) groups is 1. The third kappa shape index (κ3) is 3.42. The number of carbonyl (C=O) groups excluding carboxylic acids is 1. The summed E-state index contributed by atoms with van der Waals surface area (Å²) in [5.74, 6) is 0.382. The van der Waals surface area contributed by atoms with Crippen molar-refractivity contribution in [3.63, 3.8) is 0 Å². The van der Waals surface area contributed by atoms with Crippen molar-refractivity contribution in [2.45, 2.75) is 5.21 Å². The number of pyridine rings is 1. The second kappa shape index (κ2) is 5.39. The van der Waals surface area contributed by atoms with Crippen LogP contribution in [0.5, 0.6) is 0 Å². The molecule has 1 unspecified atom stereocenters. The monoisotopic (exact) mass is 243 g/mol. The number of hydrogen-bond donors (Lipinski definition) is 1. The van der Waals surface area contributed by atoms with Crippen molar-refractivity contribution in [3.05, 3.63) is 30.1 Å². The summed E-state index contributed by atoms with van der Waals surface area (Å²) < 4.78 is 0.295. The van der Waals surface area contributed by atoms with Gasteiger partial charge in [-0.05, 0) is 0 Å². The van der Waals surface area contributed by atoms with E-state index in [9.17, 15) is 4.79 Å². The van der Waals surface area contributed by atoms with Crippen LogP contribution in [0.3, 0.4) is 0 Å². The molecule has 0 spiro atoms. The van der Waals surface area contributed by atoms with Crippen LogP contribution in [0.2, 0.25) is 0 Å². The fourth-order valence-electron chi connectivity index (χ4n) is 0.748. The van der Waals surface area contributed by atoms with E-state index in [-0.39, 0.29) is 0 Å². The second-order valence-electron chi connectivity index (χ2n) is 2.26. The molecule has 1 aromatic rings. The average molecular weight is 243 g/mol. The van der Waals surface area contributed by atoms with Gasteiger partial charge >= 0.3 is 83.8 Å². The van der Waals surface area contributed by atoms with E-state index in [4.69, 9.17) is 0 Å². The van der Waals surface area contributed by atoms with Crippen LogP contribution in [0.25, 0.3) is 0 Å². The molecule has 0 saturated carbocycles. The Bertz CT molecular complexity index is 252. The van der Waals surface area contributed by atoms with Crippen LogP contribution in [-0.2, 0) is 10.0 Å². The Kier molecular flexibility index (Phi) is 4.41. The zero-order valence-corrected chi connectivity index (χ0v) is 9.52. The molecule has 0 fully saturated rings. The quantitative estimate of drug-likeness (QED) is 0.615. The van der Waals surface area contributed by atoms with E-state index in [1.807, 2.05) is 18.2 Å². The molecule has 0 aliphatic rings. The van der Waals surface area contributed by atoms with E-state index in [1.54, 1.807) is 6.20 Å². The first-order valence-electron chi connectivity index (χ1n) is 3.60. The van der Waals surface area contributed by atoms with Crippen molar-refractivity contribution in [1.82, 2.24) is 4.98 Å². The third-order valence-corrected chi connectivity index (χ3v) is 4.58. The van der Waals surface area contributed by atoms with Gasteiger partial charge in [0.2, 0.25) is 0 Å². The van der Waals surface area contributed by atoms with Crippen LogP contribution in [0.1, 0.15) is 5.69 Å². The first-order chi connectivity index (χ1) is 5.83. The summed E-state index contributed by atoms with van der Waals surface area (Å²) >= 11 is 3.40. The van der Waals surface area contributed by atoms with E-state index >= 15 is 0 Å². The number of aromatic nitrogens is 1. The van der Waals surface area contributed by atoms with Crippen LogP contribution >= 0.6 is 12.6 Å². The van der Waals surface area contributed by atoms with Crippen molar-refractivity contribution < 1.29 is 4.79 Å². The van der Waals surface area contributed by atoms with E-state index in [0.29, 0.717) is 10.3 Å². The Morgan fingerprint density at radius 3 is 3.00 bits per heavy atom. The zero-order valence-electron chi connectivity index (χ0n) is 6.53. The van der Waals surface area contributed by atoms with Crippen molar-refractivity contribution in [2.75, 3.05) is 5.75 Å². The molecule has 1 heterocycles. The van der Waals surface area contributed by atoms with Crippen molar-refractivity contribution in [2.24, 2.45) is 0 Å².